The van der Waals surface area contributed by atoms with Crippen molar-refractivity contribution in [1.82, 2.24) is 0 Å². The Bertz CT molecular complexity index is 518. The van der Waals surface area contributed by atoms with Gasteiger partial charge in [0.1, 0.15) is 17.1 Å². The van der Waals surface area contributed by atoms with E-state index >= 15 is 0 Å². The van der Waals surface area contributed by atoms with Gasteiger partial charge in [0.05, 0.1) is 0 Å². The molecule has 2 bridgehead atoms. The summed E-state index contributed by atoms with van der Waals surface area (Å²) in [4.78, 5) is 24.7. The lowest BCUT2D eigenvalue weighted by Gasteiger charge is -2.32. The molecule has 4 nitrogen and oxygen atoms in total. The normalized spacial score (nSPS) is 47.7. The SMILES string of the molecule is CC1(C)C(=O)C[C@]23C[C@@]4(C[C@H]12)OCOC4=CC3=O. The molecule has 0 unspecified atom stereocenters. The summed E-state index contributed by atoms with van der Waals surface area (Å²) in [6, 6.07) is 0. The zero-order chi connectivity index (χ0) is 12.8. The van der Waals surface area contributed by atoms with Gasteiger partial charge in [-0.15, -0.1) is 0 Å². The number of ether oxygens (including phenoxy) is 2. The predicted octanol–water partition coefficient (Wildman–Crippen LogP) is 1.59. The van der Waals surface area contributed by atoms with E-state index in [0.717, 1.165) is 6.42 Å². The minimum atomic E-state index is -0.516. The van der Waals surface area contributed by atoms with Gasteiger partial charge in [-0.05, 0) is 18.8 Å². The minimum Gasteiger partial charge on any atom is -0.469 e. The monoisotopic (exact) mass is 248 g/mol. The summed E-state index contributed by atoms with van der Waals surface area (Å²) in [7, 11) is 0. The second-order valence-electron chi connectivity index (χ2n) is 6.68. The largest absolute Gasteiger partial charge is 0.469 e. The van der Waals surface area contributed by atoms with Gasteiger partial charge in [-0.1, -0.05) is 13.8 Å². The second-order valence-corrected chi connectivity index (χ2v) is 6.68. The molecule has 3 atom stereocenters. The van der Waals surface area contributed by atoms with Crippen molar-refractivity contribution in [3.05, 3.63) is 11.8 Å². The molecule has 2 saturated carbocycles. The van der Waals surface area contributed by atoms with Crippen LogP contribution in [0.25, 0.3) is 0 Å². The topological polar surface area (TPSA) is 52.6 Å². The number of rotatable bonds is 0. The first-order valence-corrected chi connectivity index (χ1v) is 6.47. The number of hydrogen-bond donors (Lipinski definition) is 0. The van der Waals surface area contributed by atoms with E-state index < -0.39 is 16.4 Å². The molecule has 4 heteroatoms. The molecule has 0 aromatic carbocycles. The lowest BCUT2D eigenvalue weighted by atomic mass is 9.69. The molecule has 3 fully saturated rings. The highest BCUT2D eigenvalue weighted by Gasteiger charge is 2.72. The Hall–Kier alpha value is -1.16. The van der Waals surface area contributed by atoms with Gasteiger partial charge in [-0.3, -0.25) is 9.59 Å². The Morgan fingerprint density at radius 2 is 2.11 bits per heavy atom. The Kier molecular flexibility index (Phi) is 1.62. The number of hydrogen-bond acceptors (Lipinski definition) is 4. The van der Waals surface area contributed by atoms with Crippen molar-refractivity contribution >= 4 is 11.6 Å². The van der Waals surface area contributed by atoms with E-state index in [4.69, 9.17) is 9.47 Å². The fraction of sp³-hybridized carbons (Fsp3) is 0.714. The summed E-state index contributed by atoms with van der Waals surface area (Å²) in [5.41, 5.74) is -1.36. The number of allylic oxidation sites excluding steroid dienone is 1. The third kappa shape index (κ3) is 0.912. The van der Waals surface area contributed by atoms with Crippen LogP contribution in [-0.4, -0.2) is 24.0 Å². The van der Waals surface area contributed by atoms with Gasteiger partial charge in [0, 0.05) is 23.3 Å². The predicted molar refractivity (Wildman–Crippen MR) is 61.4 cm³/mol. The van der Waals surface area contributed by atoms with E-state index in [9.17, 15) is 9.59 Å². The second kappa shape index (κ2) is 2.72. The maximum Gasteiger partial charge on any atom is 0.189 e. The summed E-state index contributed by atoms with van der Waals surface area (Å²) in [5, 5.41) is 0. The van der Waals surface area contributed by atoms with Crippen molar-refractivity contribution in [1.29, 1.82) is 0 Å². The van der Waals surface area contributed by atoms with Crippen molar-refractivity contribution in [2.24, 2.45) is 16.7 Å². The fourth-order valence-corrected chi connectivity index (χ4v) is 4.56. The molecule has 0 aromatic rings. The maximum absolute atomic E-state index is 12.5. The Morgan fingerprint density at radius 3 is 2.89 bits per heavy atom. The maximum atomic E-state index is 12.5. The van der Waals surface area contributed by atoms with Crippen LogP contribution in [-0.2, 0) is 19.1 Å². The van der Waals surface area contributed by atoms with Crippen LogP contribution in [0.1, 0.15) is 33.1 Å². The summed E-state index contributed by atoms with van der Waals surface area (Å²) in [6.07, 6.45) is 3.33. The molecule has 1 aliphatic heterocycles. The standard InChI is InChI=1S/C14H16O4/c1-12(2)8-4-14-6-13(8,5-10(12)16)9(15)3-11(14)17-7-18-14/h3,8H,4-7H2,1-2H3/t8-,13+,14-/m1/s1. The molecule has 1 saturated heterocycles. The van der Waals surface area contributed by atoms with Crippen molar-refractivity contribution in [2.45, 2.75) is 38.7 Å². The van der Waals surface area contributed by atoms with Gasteiger partial charge in [0.25, 0.3) is 0 Å². The van der Waals surface area contributed by atoms with Gasteiger partial charge in [0.2, 0.25) is 0 Å². The van der Waals surface area contributed by atoms with E-state index in [1.165, 1.54) is 0 Å². The highest BCUT2D eigenvalue weighted by Crippen LogP contribution is 2.68. The Morgan fingerprint density at radius 1 is 1.33 bits per heavy atom. The van der Waals surface area contributed by atoms with Crippen LogP contribution in [0.4, 0.5) is 0 Å². The van der Waals surface area contributed by atoms with Crippen molar-refractivity contribution in [3.8, 4) is 0 Å². The smallest absolute Gasteiger partial charge is 0.189 e. The van der Waals surface area contributed by atoms with Gasteiger partial charge in [-0.2, -0.15) is 0 Å². The first-order chi connectivity index (χ1) is 8.41. The Labute approximate surface area is 105 Å². The number of carbonyl (C=O) groups excluding carboxylic acids is 2. The van der Waals surface area contributed by atoms with Crippen LogP contribution in [0.3, 0.4) is 0 Å². The molecule has 0 radical (unpaired) electrons. The molecule has 4 rings (SSSR count). The zero-order valence-electron chi connectivity index (χ0n) is 10.6. The zero-order valence-corrected chi connectivity index (χ0v) is 10.6. The molecule has 1 heterocycles. The van der Waals surface area contributed by atoms with Gasteiger partial charge < -0.3 is 9.47 Å². The molecule has 0 N–H and O–H groups in total. The van der Waals surface area contributed by atoms with Crippen LogP contribution < -0.4 is 0 Å². The molecule has 4 aliphatic rings. The van der Waals surface area contributed by atoms with Crippen molar-refractivity contribution in [2.75, 3.05) is 6.79 Å². The third-order valence-electron chi connectivity index (χ3n) is 5.62. The third-order valence-corrected chi connectivity index (χ3v) is 5.62. The quantitative estimate of drug-likeness (QED) is 0.653. The average Bonchev–Trinajstić information content (AvgIpc) is 2.86. The molecular weight excluding hydrogens is 232 g/mol. The fourth-order valence-electron chi connectivity index (χ4n) is 4.56. The molecule has 0 amide bonds. The van der Waals surface area contributed by atoms with Crippen LogP contribution >= 0.6 is 0 Å². The molecule has 0 aromatic heterocycles. The van der Waals surface area contributed by atoms with E-state index in [1.807, 2.05) is 13.8 Å². The van der Waals surface area contributed by atoms with Crippen molar-refractivity contribution in [3.63, 3.8) is 0 Å². The minimum absolute atomic E-state index is 0.0695. The molecular formula is C14H16O4. The van der Waals surface area contributed by atoms with E-state index in [-0.39, 0.29) is 24.3 Å². The van der Waals surface area contributed by atoms with Gasteiger partial charge in [0.15, 0.2) is 12.6 Å². The van der Waals surface area contributed by atoms with E-state index in [2.05, 4.69) is 0 Å². The summed E-state index contributed by atoms with van der Waals surface area (Å²) in [6.45, 7) is 4.17. The van der Waals surface area contributed by atoms with Crippen LogP contribution in [0.15, 0.2) is 11.8 Å². The lowest BCUT2D eigenvalue weighted by Crippen LogP contribution is -2.38. The van der Waals surface area contributed by atoms with E-state index in [0.29, 0.717) is 18.6 Å². The molecule has 18 heavy (non-hydrogen) atoms. The van der Waals surface area contributed by atoms with E-state index in [1.54, 1.807) is 6.08 Å². The number of carbonyl (C=O) groups is 2. The first-order valence-electron chi connectivity index (χ1n) is 6.47. The molecule has 3 aliphatic carbocycles. The molecule has 96 valence electrons. The lowest BCUT2D eigenvalue weighted by molar-refractivity contribution is -0.129. The van der Waals surface area contributed by atoms with Crippen LogP contribution in [0.2, 0.25) is 0 Å². The van der Waals surface area contributed by atoms with Gasteiger partial charge >= 0.3 is 0 Å². The highest BCUT2D eigenvalue weighted by atomic mass is 16.7. The van der Waals surface area contributed by atoms with Crippen LogP contribution in [0, 0.1) is 16.7 Å². The summed E-state index contributed by atoms with van der Waals surface area (Å²) < 4.78 is 11.2. The number of Topliss-reactive ketones (excluding diaryl/α,β-unsaturated/α-hetero) is 1. The first kappa shape index (κ1) is 10.7. The Balaban J connectivity index is 1.91. The average molecular weight is 248 g/mol. The summed E-state index contributed by atoms with van der Waals surface area (Å²) >= 11 is 0. The van der Waals surface area contributed by atoms with Crippen molar-refractivity contribution < 1.29 is 19.1 Å². The van der Waals surface area contributed by atoms with Gasteiger partial charge in [-0.25, -0.2) is 0 Å². The number of ketones is 2. The van der Waals surface area contributed by atoms with Crippen LogP contribution in [0.5, 0.6) is 0 Å². The summed E-state index contributed by atoms with van der Waals surface area (Å²) in [5.74, 6) is 1.06. The molecule has 2 spiro atoms. The highest BCUT2D eigenvalue weighted by molar-refractivity contribution is 6.04.